The number of hydrogen-bond donors (Lipinski definition) is 3. The molecule has 0 radical (unpaired) electrons. The topological polar surface area (TPSA) is 116 Å². The Bertz CT molecular complexity index is 1050. The zero-order valence-corrected chi connectivity index (χ0v) is 18.4. The fraction of sp³-hybridized carbons (Fsp3) is 0.304. The highest BCUT2D eigenvalue weighted by Crippen LogP contribution is 2.24. The lowest BCUT2D eigenvalue weighted by molar-refractivity contribution is -0.117. The van der Waals surface area contributed by atoms with Gasteiger partial charge in [-0.25, -0.2) is 13.2 Å². The van der Waals surface area contributed by atoms with Crippen LogP contribution in [0.2, 0.25) is 0 Å². The van der Waals surface area contributed by atoms with Gasteiger partial charge < -0.3 is 15.7 Å². The molecule has 2 aromatic rings. The van der Waals surface area contributed by atoms with Crippen molar-refractivity contribution in [3.05, 3.63) is 78.4 Å². The first-order valence-electron chi connectivity index (χ1n) is 10.4. The van der Waals surface area contributed by atoms with E-state index in [1.807, 2.05) is 30.3 Å². The second kappa shape index (κ2) is 10.4. The quantitative estimate of drug-likeness (QED) is 0.527. The molecule has 8 nitrogen and oxygen atoms in total. The maximum atomic E-state index is 13.0. The van der Waals surface area contributed by atoms with Crippen molar-refractivity contribution < 1.29 is 23.1 Å². The van der Waals surface area contributed by atoms with Crippen LogP contribution in [0.4, 0.5) is 4.79 Å². The standard InChI is InChI=1S/C23H27N3O5S/c1-2-22(27)24-19-12-14-26(15-13-19)32(30,31)20-10-8-18(9-11-20)21(25-23(28)29)16-17-6-4-3-5-7-17/h2-11,19,21,25H,1,12-16H2,(H,24,27)(H,28,29). The van der Waals surface area contributed by atoms with Crippen LogP contribution < -0.4 is 10.6 Å². The Morgan fingerprint density at radius 3 is 2.28 bits per heavy atom. The van der Waals surface area contributed by atoms with E-state index >= 15 is 0 Å². The highest BCUT2D eigenvalue weighted by Gasteiger charge is 2.30. The molecule has 1 unspecified atom stereocenters. The van der Waals surface area contributed by atoms with Gasteiger partial charge in [-0.15, -0.1) is 0 Å². The first-order valence-corrected chi connectivity index (χ1v) is 11.8. The van der Waals surface area contributed by atoms with E-state index < -0.39 is 22.2 Å². The highest BCUT2D eigenvalue weighted by molar-refractivity contribution is 7.89. The molecule has 9 heteroatoms. The molecule has 3 rings (SSSR count). The molecule has 1 saturated heterocycles. The number of sulfonamides is 1. The number of carboxylic acid groups (broad SMARTS) is 1. The van der Waals surface area contributed by atoms with Crippen molar-refractivity contribution in [1.29, 1.82) is 0 Å². The Labute approximate surface area is 188 Å². The predicted molar refractivity (Wildman–Crippen MR) is 121 cm³/mol. The highest BCUT2D eigenvalue weighted by atomic mass is 32.2. The number of nitrogens with one attached hydrogen (secondary N) is 2. The number of benzene rings is 2. The van der Waals surface area contributed by atoms with Crippen molar-refractivity contribution in [3.63, 3.8) is 0 Å². The number of rotatable bonds is 8. The van der Waals surface area contributed by atoms with Gasteiger partial charge in [-0.3, -0.25) is 4.79 Å². The first kappa shape index (κ1) is 23.5. The summed E-state index contributed by atoms with van der Waals surface area (Å²) in [7, 11) is -3.68. The zero-order valence-electron chi connectivity index (χ0n) is 17.6. The number of carbonyl (C=O) groups excluding carboxylic acids is 1. The third-order valence-corrected chi connectivity index (χ3v) is 7.40. The molecule has 1 aliphatic heterocycles. The van der Waals surface area contributed by atoms with E-state index in [2.05, 4.69) is 17.2 Å². The molecule has 2 aromatic carbocycles. The lowest BCUT2D eigenvalue weighted by atomic mass is 9.99. The van der Waals surface area contributed by atoms with Crippen LogP contribution in [-0.4, -0.2) is 49.0 Å². The van der Waals surface area contributed by atoms with Gasteiger partial charge in [-0.1, -0.05) is 49.0 Å². The minimum Gasteiger partial charge on any atom is -0.465 e. The van der Waals surface area contributed by atoms with Crippen LogP contribution >= 0.6 is 0 Å². The van der Waals surface area contributed by atoms with Crippen LogP contribution in [0.3, 0.4) is 0 Å². The van der Waals surface area contributed by atoms with Crippen LogP contribution in [0.1, 0.15) is 30.0 Å². The van der Waals surface area contributed by atoms with Gasteiger partial charge in [0.05, 0.1) is 10.9 Å². The van der Waals surface area contributed by atoms with E-state index in [-0.39, 0.29) is 16.8 Å². The largest absolute Gasteiger partial charge is 0.465 e. The maximum Gasteiger partial charge on any atom is 0.405 e. The van der Waals surface area contributed by atoms with Crippen molar-refractivity contribution in [2.24, 2.45) is 0 Å². The van der Waals surface area contributed by atoms with Crippen LogP contribution in [-0.2, 0) is 21.2 Å². The average Bonchev–Trinajstić information content (AvgIpc) is 2.79. The van der Waals surface area contributed by atoms with Crippen molar-refractivity contribution in [3.8, 4) is 0 Å². The summed E-state index contributed by atoms with van der Waals surface area (Å²) < 4.78 is 27.5. The number of nitrogens with zero attached hydrogens (tertiary/aromatic N) is 1. The number of piperidine rings is 1. The molecule has 170 valence electrons. The van der Waals surface area contributed by atoms with Crippen molar-refractivity contribution >= 4 is 22.0 Å². The van der Waals surface area contributed by atoms with E-state index in [1.165, 1.54) is 22.5 Å². The molecule has 1 fully saturated rings. The minimum atomic E-state index is -3.68. The molecular weight excluding hydrogens is 430 g/mol. The van der Waals surface area contributed by atoms with Gasteiger partial charge in [-0.05, 0) is 48.6 Å². The second-order valence-electron chi connectivity index (χ2n) is 7.65. The average molecular weight is 458 g/mol. The van der Waals surface area contributed by atoms with Gasteiger partial charge in [-0.2, -0.15) is 4.31 Å². The summed E-state index contributed by atoms with van der Waals surface area (Å²) in [6.45, 7) is 4.04. The normalized spacial score (nSPS) is 16.1. The molecule has 0 bridgehead atoms. The Kier molecular flexibility index (Phi) is 7.66. The molecule has 32 heavy (non-hydrogen) atoms. The van der Waals surface area contributed by atoms with Gasteiger partial charge in [0, 0.05) is 19.1 Å². The predicted octanol–water partition coefficient (Wildman–Crippen LogP) is 2.69. The Morgan fingerprint density at radius 2 is 1.72 bits per heavy atom. The third kappa shape index (κ3) is 5.95. The van der Waals surface area contributed by atoms with E-state index in [0.29, 0.717) is 37.9 Å². The van der Waals surface area contributed by atoms with Crippen molar-refractivity contribution in [2.75, 3.05) is 13.1 Å². The summed E-state index contributed by atoms with van der Waals surface area (Å²) in [5, 5.41) is 14.5. The lowest BCUT2D eigenvalue weighted by Crippen LogP contribution is -2.46. The second-order valence-corrected chi connectivity index (χ2v) is 9.59. The van der Waals surface area contributed by atoms with Crippen LogP contribution in [0.15, 0.2) is 72.1 Å². The molecular formula is C23H27N3O5S. The van der Waals surface area contributed by atoms with E-state index in [0.717, 1.165) is 5.56 Å². The Morgan fingerprint density at radius 1 is 1.09 bits per heavy atom. The molecule has 2 amide bonds. The smallest absolute Gasteiger partial charge is 0.405 e. The van der Waals surface area contributed by atoms with Crippen molar-refractivity contribution in [2.45, 2.75) is 36.2 Å². The van der Waals surface area contributed by atoms with Gasteiger partial charge in [0.1, 0.15) is 0 Å². The zero-order chi connectivity index (χ0) is 23.1. The molecule has 3 N–H and O–H groups in total. The number of amides is 2. The monoisotopic (exact) mass is 457 g/mol. The Hall–Kier alpha value is -3.17. The lowest BCUT2D eigenvalue weighted by Gasteiger charge is -2.31. The van der Waals surface area contributed by atoms with Crippen molar-refractivity contribution in [1.82, 2.24) is 14.9 Å². The SMILES string of the molecule is C=CC(=O)NC1CCN(S(=O)(=O)c2ccc(C(Cc3ccccc3)NC(=O)O)cc2)CC1. The van der Waals surface area contributed by atoms with E-state index in [4.69, 9.17) is 0 Å². The summed E-state index contributed by atoms with van der Waals surface area (Å²) in [6, 6.07) is 15.2. The summed E-state index contributed by atoms with van der Waals surface area (Å²) in [5.41, 5.74) is 1.65. The summed E-state index contributed by atoms with van der Waals surface area (Å²) in [4.78, 5) is 22.9. The van der Waals surface area contributed by atoms with Gasteiger partial charge >= 0.3 is 6.09 Å². The fourth-order valence-corrected chi connectivity index (χ4v) is 5.24. The Balaban J connectivity index is 1.71. The number of hydrogen-bond acceptors (Lipinski definition) is 4. The van der Waals surface area contributed by atoms with E-state index in [9.17, 15) is 23.1 Å². The maximum absolute atomic E-state index is 13.0. The van der Waals surface area contributed by atoms with Crippen LogP contribution in [0, 0.1) is 0 Å². The van der Waals surface area contributed by atoms with Gasteiger partial charge in [0.2, 0.25) is 15.9 Å². The van der Waals surface area contributed by atoms with E-state index in [1.54, 1.807) is 12.1 Å². The minimum absolute atomic E-state index is 0.0739. The molecule has 0 aliphatic carbocycles. The summed E-state index contributed by atoms with van der Waals surface area (Å²) >= 11 is 0. The molecule has 1 atom stereocenters. The molecule has 0 spiro atoms. The first-order chi connectivity index (χ1) is 15.3. The third-order valence-electron chi connectivity index (χ3n) is 5.49. The van der Waals surface area contributed by atoms with Crippen LogP contribution in [0.5, 0.6) is 0 Å². The van der Waals surface area contributed by atoms with Gasteiger partial charge in [0.15, 0.2) is 0 Å². The fourth-order valence-electron chi connectivity index (χ4n) is 3.77. The molecule has 0 saturated carbocycles. The molecule has 1 heterocycles. The summed E-state index contributed by atoms with van der Waals surface area (Å²) in [5.74, 6) is -0.262. The molecule has 1 aliphatic rings. The van der Waals surface area contributed by atoms with Gasteiger partial charge in [0.25, 0.3) is 0 Å². The molecule has 0 aromatic heterocycles. The number of carbonyl (C=O) groups is 2. The van der Waals surface area contributed by atoms with Crippen LogP contribution in [0.25, 0.3) is 0 Å². The summed E-state index contributed by atoms with van der Waals surface area (Å²) in [6.07, 6.45) is 1.56.